The van der Waals surface area contributed by atoms with Crippen molar-refractivity contribution in [1.29, 1.82) is 0 Å². The lowest BCUT2D eigenvalue weighted by molar-refractivity contribution is -0.159. The Kier molecular flexibility index (Phi) is 5.05. The second kappa shape index (κ2) is 6.64. The van der Waals surface area contributed by atoms with Gasteiger partial charge in [0, 0.05) is 33.1 Å². The summed E-state index contributed by atoms with van der Waals surface area (Å²) in [4.78, 5) is 39.5. The summed E-state index contributed by atoms with van der Waals surface area (Å²) >= 11 is 0. The molecule has 2 heterocycles. The second-order valence-electron chi connectivity index (χ2n) is 6.29. The van der Waals surface area contributed by atoms with Crippen molar-refractivity contribution in [2.45, 2.75) is 32.9 Å². The fourth-order valence-electron chi connectivity index (χ4n) is 3.16. The lowest BCUT2D eigenvalue weighted by Gasteiger charge is -2.44. The fourth-order valence-corrected chi connectivity index (χ4v) is 3.16. The number of ether oxygens (including phenoxy) is 1. The molecule has 124 valence electrons. The molecular formula is C15H25N3O4. The first kappa shape index (κ1) is 16.7. The second-order valence-corrected chi connectivity index (χ2v) is 6.29. The normalized spacial score (nSPS) is 28.4. The van der Waals surface area contributed by atoms with Gasteiger partial charge in [0.15, 0.2) is 0 Å². The van der Waals surface area contributed by atoms with E-state index in [1.54, 1.807) is 6.92 Å². The molecule has 0 spiro atoms. The van der Waals surface area contributed by atoms with E-state index in [9.17, 15) is 14.4 Å². The van der Waals surface area contributed by atoms with Crippen LogP contribution in [0.3, 0.4) is 0 Å². The Balaban J connectivity index is 1.96. The highest BCUT2D eigenvalue weighted by Gasteiger charge is 2.49. The van der Waals surface area contributed by atoms with Crippen LogP contribution < -0.4 is 5.32 Å². The van der Waals surface area contributed by atoms with Crippen molar-refractivity contribution in [1.82, 2.24) is 15.1 Å². The van der Waals surface area contributed by atoms with Crippen LogP contribution in [0.1, 0.15) is 20.8 Å². The zero-order valence-corrected chi connectivity index (χ0v) is 13.7. The van der Waals surface area contributed by atoms with Gasteiger partial charge in [0.25, 0.3) is 0 Å². The summed E-state index contributed by atoms with van der Waals surface area (Å²) in [6, 6.07) is -0.269. The SMILES string of the molecule is CC(=O)O[C@H](C)[C@H]1C(=O)N[C@@H]1[C@@H](C)C(=O)N1CCN(C)CC1. The number of esters is 1. The molecule has 2 rings (SSSR count). The maximum atomic E-state index is 12.6. The van der Waals surface area contributed by atoms with Gasteiger partial charge in [0.1, 0.15) is 6.10 Å². The Morgan fingerprint density at radius 1 is 1.23 bits per heavy atom. The zero-order valence-electron chi connectivity index (χ0n) is 13.7. The Hall–Kier alpha value is -1.63. The molecule has 2 saturated heterocycles. The van der Waals surface area contributed by atoms with Crippen LogP contribution >= 0.6 is 0 Å². The van der Waals surface area contributed by atoms with Crippen LogP contribution in [0.15, 0.2) is 0 Å². The van der Waals surface area contributed by atoms with Gasteiger partial charge in [-0.3, -0.25) is 14.4 Å². The van der Waals surface area contributed by atoms with Gasteiger partial charge in [-0.2, -0.15) is 0 Å². The number of amides is 2. The minimum Gasteiger partial charge on any atom is -0.462 e. The van der Waals surface area contributed by atoms with Crippen molar-refractivity contribution >= 4 is 17.8 Å². The highest BCUT2D eigenvalue weighted by molar-refractivity contribution is 5.90. The van der Waals surface area contributed by atoms with Crippen molar-refractivity contribution in [3.8, 4) is 0 Å². The van der Waals surface area contributed by atoms with Crippen LogP contribution in [0, 0.1) is 11.8 Å². The van der Waals surface area contributed by atoms with E-state index in [1.807, 2.05) is 18.9 Å². The van der Waals surface area contributed by atoms with Crippen molar-refractivity contribution in [2.24, 2.45) is 11.8 Å². The largest absolute Gasteiger partial charge is 0.462 e. The minimum atomic E-state index is -0.515. The van der Waals surface area contributed by atoms with E-state index < -0.39 is 18.0 Å². The third-order valence-corrected chi connectivity index (χ3v) is 4.60. The third kappa shape index (κ3) is 3.40. The summed E-state index contributed by atoms with van der Waals surface area (Å²) < 4.78 is 5.11. The smallest absolute Gasteiger partial charge is 0.302 e. The Morgan fingerprint density at radius 3 is 2.32 bits per heavy atom. The molecule has 2 amide bonds. The maximum absolute atomic E-state index is 12.6. The molecule has 7 nitrogen and oxygen atoms in total. The van der Waals surface area contributed by atoms with E-state index in [-0.39, 0.29) is 23.8 Å². The summed E-state index contributed by atoms with van der Waals surface area (Å²) in [5, 5.41) is 2.79. The molecule has 0 bridgehead atoms. The highest BCUT2D eigenvalue weighted by atomic mass is 16.5. The van der Waals surface area contributed by atoms with Crippen LogP contribution in [0.5, 0.6) is 0 Å². The van der Waals surface area contributed by atoms with Gasteiger partial charge in [0.2, 0.25) is 11.8 Å². The number of nitrogens with zero attached hydrogens (tertiary/aromatic N) is 2. The van der Waals surface area contributed by atoms with Crippen molar-refractivity contribution in [2.75, 3.05) is 33.2 Å². The molecule has 7 heteroatoms. The average Bonchev–Trinajstić information content (AvgIpc) is 2.43. The minimum absolute atomic E-state index is 0.0538. The first-order valence-corrected chi connectivity index (χ1v) is 7.76. The first-order chi connectivity index (χ1) is 10.3. The first-order valence-electron chi connectivity index (χ1n) is 7.76. The summed E-state index contributed by atoms with van der Waals surface area (Å²) in [5.41, 5.74) is 0. The molecule has 0 unspecified atom stereocenters. The molecule has 22 heavy (non-hydrogen) atoms. The Labute approximate surface area is 131 Å². The number of carbonyl (C=O) groups is 3. The van der Waals surface area contributed by atoms with E-state index in [0.717, 1.165) is 13.1 Å². The standard InChI is InChI=1S/C15H25N3O4/c1-9(15(21)18-7-5-17(4)6-8-18)13-12(14(20)16-13)10(2)22-11(3)19/h9-10,12-13H,5-8H2,1-4H3,(H,16,20)/t9-,10-,12-,13-/m1/s1. The van der Waals surface area contributed by atoms with E-state index >= 15 is 0 Å². The lowest BCUT2D eigenvalue weighted by atomic mass is 9.78. The van der Waals surface area contributed by atoms with Gasteiger partial charge in [-0.25, -0.2) is 0 Å². The number of β-lactam (4-membered cyclic amide) rings is 1. The molecule has 0 aliphatic carbocycles. The van der Waals surface area contributed by atoms with Gasteiger partial charge in [0.05, 0.1) is 17.9 Å². The average molecular weight is 311 g/mol. The van der Waals surface area contributed by atoms with E-state index in [1.165, 1.54) is 6.92 Å². The monoisotopic (exact) mass is 311 g/mol. The van der Waals surface area contributed by atoms with Crippen LogP contribution in [-0.2, 0) is 19.1 Å². The molecule has 1 N–H and O–H groups in total. The zero-order chi connectivity index (χ0) is 16.4. The number of hydrogen-bond donors (Lipinski definition) is 1. The number of piperazine rings is 1. The van der Waals surface area contributed by atoms with Gasteiger partial charge >= 0.3 is 5.97 Å². The number of likely N-dealkylation sites (N-methyl/N-ethyl adjacent to an activating group) is 1. The Bertz CT molecular complexity index is 460. The molecule has 4 atom stereocenters. The summed E-state index contributed by atoms with van der Waals surface area (Å²) in [5.74, 6) is -1.28. The van der Waals surface area contributed by atoms with Gasteiger partial charge in [-0.05, 0) is 14.0 Å². The molecule has 2 aliphatic heterocycles. The topological polar surface area (TPSA) is 78.9 Å². The lowest BCUT2D eigenvalue weighted by Crippen LogP contribution is -2.67. The van der Waals surface area contributed by atoms with Crippen molar-refractivity contribution in [3.63, 3.8) is 0 Å². The Morgan fingerprint density at radius 2 is 1.82 bits per heavy atom. The predicted molar refractivity (Wildman–Crippen MR) is 79.9 cm³/mol. The highest BCUT2D eigenvalue weighted by Crippen LogP contribution is 2.28. The quantitative estimate of drug-likeness (QED) is 0.557. The number of carbonyl (C=O) groups excluding carboxylic acids is 3. The molecule has 0 aromatic carbocycles. The molecule has 0 aromatic heterocycles. The van der Waals surface area contributed by atoms with Crippen LogP contribution in [0.2, 0.25) is 0 Å². The van der Waals surface area contributed by atoms with E-state index in [2.05, 4.69) is 10.2 Å². The van der Waals surface area contributed by atoms with E-state index in [4.69, 9.17) is 4.74 Å². The van der Waals surface area contributed by atoms with Gasteiger partial charge in [-0.15, -0.1) is 0 Å². The van der Waals surface area contributed by atoms with E-state index in [0.29, 0.717) is 13.1 Å². The number of hydrogen-bond acceptors (Lipinski definition) is 5. The maximum Gasteiger partial charge on any atom is 0.302 e. The molecule has 0 saturated carbocycles. The van der Waals surface area contributed by atoms with Crippen molar-refractivity contribution < 1.29 is 19.1 Å². The van der Waals surface area contributed by atoms with Crippen LogP contribution in [-0.4, -0.2) is 73.0 Å². The third-order valence-electron chi connectivity index (χ3n) is 4.60. The van der Waals surface area contributed by atoms with Gasteiger partial charge in [-0.1, -0.05) is 6.92 Å². The summed E-state index contributed by atoms with van der Waals surface area (Å²) in [6.07, 6.45) is -0.515. The molecule has 2 aliphatic rings. The predicted octanol–water partition coefficient (Wildman–Crippen LogP) is -0.537. The molecular weight excluding hydrogens is 286 g/mol. The van der Waals surface area contributed by atoms with Crippen molar-refractivity contribution in [3.05, 3.63) is 0 Å². The molecule has 0 radical (unpaired) electrons. The summed E-state index contributed by atoms with van der Waals surface area (Å²) in [7, 11) is 2.04. The van der Waals surface area contributed by atoms with Crippen LogP contribution in [0.25, 0.3) is 0 Å². The fraction of sp³-hybridized carbons (Fsp3) is 0.800. The van der Waals surface area contributed by atoms with Gasteiger partial charge < -0.3 is 19.9 Å². The molecule has 2 fully saturated rings. The van der Waals surface area contributed by atoms with Crippen LogP contribution in [0.4, 0.5) is 0 Å². The summed E-state index contributed by atoms with van der Waals surface area (Å²) in [6.45, 7) is 8.00. The number of rotatable bonds is 4. The molecule has 0 aromatic rings. The number of nitrogens with one attached hydrogen (secondary N) is 1.